The summed E-state index contributed by atoms with van der Waals surface area (Å²) >= 11 is 0. The van der Waals surface area contributed by atoms with Crippen LogP contribution in [0.15, 0.2) is 12.4 Å². The molecule has 0 atom stereocenters. The zero-order valence-corrected chi connectivity index (χ0v) is 9.73. The average molecular weight is 217 g/mol. The van der Waals surface area contributed by atoms with Gasteiger partial charge in [0.25, 0.3) is 0 Å². The second kappa shape index (κ2) is 4.04. The van der Waals surface area contributed by atoms with Crippen LogP contribution in [0.3, 0.4) is 0 Å². The summed E-state index contributed by atoms with van der Waals surface area (Å²) in [6.45, 7) is 6.03. The fraction of sp³-hybridized carbons (Fsp3) is 0.417. The molecular weight excluding hydrogens is 202 g/mol. The number of pyridine rings is 1. The van der Waals surface area contributed by atoms with Crippen molar-refractivity contribution < 1.29 is 5.11 Å². The molecule has 2 aromatic rings. The van der Waals surface area contributed by atoms with E-state index in [1.807, 2.05) is 20.8 Å². The van der Waals surface area contributed by atoms with Crippen LogP contribution in [0.5, 0.6) is 5.75 Å². The van der Waals surface area contributed by atoms with Crippen molar-refractivity contribution in [3.63, 3.8) is 0 Å². The van der Waals surface area contributed by atoms with Crippen LogP contribution in [0, 0.1) is 0 Å². The maximum absolute atomic E-state index is 9.94. The molecule has 2 rings (SSSR count). The molecule has 0 fully saturated rings. The molecule has 16 heavy (non-hydrogen) atoms. The number of nitrogens with zero attached hydrogens (tertiary/aromatic N) is 3. The first kappa shape index (κ1) is 10.8. The lowest BCUT2D eigenvalue weighted by Crippen LogP contribution is -1.98. The Balaban J connectivity index is 2.65. The van der Waals surface area contributed by atoms with E-state index >= 15 is 0 Å². The maximum atomic E-state index is 9.94. The standard InChI is InChI=1S/C12H15N3O/c1-4-9-11(16)8-5-14-12(7(2)3)15-10(8)6-13-9/h5-7,16H,4H2,1-3H3. The van der Waals surface area contributed by atoms with E-state index in [0.717, 1.165) is 5.82 Å². The number of hydrogen-bond acceptors (Lipinski definition) is 4. The Labute approximate surface area is 94.4 Å². The Kier molecular flexibility index (Phi) is 2.73. The van der Waals surface area contributed by atoms with E-state index in [0.29, 0.717) is 23.0 Å². The average Bonchev–Trinajstić information content (AvgIpc) is 2.29. The number of aromatic nitrogens is 3. The van der Waals surface area contributed by atoms with E-state index < -0.39 is 0 Å². The van der Waals surface area contributed by atoms with Crippen LogP contribution in [0.4, 0.5) is 0 Å². The number of aromatic hydroxyl groups is 1. The van der Waals surface area contributed by atoms with E-state index in [9.17, 15) is 5.11 Å². The van der Waals surface area contributed by atoms with Crippen molar-refractivity contribution in [3.05, 3.63) is 23.9 Å². The second-order valence-corrected chi connectivity index (χ2v) is 4.09. The van der Waals surface area contributed by atoms with Gasteiger partial charge in [0, 0.05) is 12.1 Å². The zero-order chi connectivity index (χ0) is 11.7. The normalized spacial score (nSPS) is 11.2. The second-order valence-electron chi connectivity index (χ2n) is 4.09. The summed E-state index contributed by atoms with van der Waals surface area (Å²) in [5.74, 6) is 1.26. The molecule has 0 spiro atoms. The van der Waals surface area contributed by atoms with Crippen molar-refractivity contribution in [2.24, 2.45) is 0 Å². The van der Waals surface area contributed by atoms with Crippen molar-refractivity contribution in [2.75, 3.05) is 0 Å². The summed E-state index contributed by atoms with van der Waals surface area (Å²) in [7, 11) is 0. The number of aryl methyl sites for hydroxylation is 1. The molecule has 0 aromatic carbocycles. The van der Waals surface area contributed by atoms with Crippen molar-refractivity contribution in [1.29, 1.82) is 0 Å². The molecule has 0 saturated heterocycles. The van der Waals surface area contributed by atoms with Crippen molar-refractivity contribution >= 4 is 10.9 Å². The van der Waals surface area contributed by atoms with Gasteiger partial charge in [-0.15, -0.1) is 0 Å². The molecule has 0 aliphatic rings. The molecule has 0 amide bonds. The van der Waals surface area contributed by atoms with Crippen LogP contribution in [-0.2, 0) is 6.42 Å². The van der Waals surface area contributed by atoms with E-state index in [1.54, 1.807) is 12.4 Å². The highest BCUT2D eigenvalue weighted by atomic mass is 16.3. The smallest absolute Gasteiger partial charge is 0.148 e. The molecule has 0 unspecified atom stereocenters. The highest BCUT2D eigenvalue weighted by Gasteiger charge is 2.10. The fourth-order valence-corrected chi connectivity index (χ4v) is 1.58. The molecule has 2 aromatic heterocycles. The van der Waals surface area contributed by atoms with Gasteiger partial charge in [0.2, 0.25) is 0 Å². The van der Waals surface area contributed by atoms with Crippen molar-refractivity contribution in [3.8, 4) is 5.75 Å². The zero-order valence-electron chi connectivity index (χ0n) is 9.73. The third-order valence-corrected chi connectivity index (χ3v) is 2.56. The Hall–Kier alpha value is -1.71. The maximum Gasteiger partial charge on any atom is 0.148 e. The third-order valence-electron chi connectivity index (χ3n) is 2.56. The highest BCUT2D eigenvalue weighted by molar-refractivity contribution is 5.84. The van der Waals surface area contributed by atoms with Gasteiger partial charge in [-0.2, -0.15) is 0 Å². The lowest BCUT2D eigenvalue weighted by atomic mass is 10.1. The van der Waals surface area contributed by atoms with Gasteiger partial charge >= 0.3 is 0 Å². The molecule has 4 nitrogen and oxygen atoms in total. The predicted octanol–water partition coefficient (Wildman–Crippen LogP) is 2.42. The summed E-state index contributed by atoms with van der Waals surface area (Å²) in [5.41, 5.74) is 1.39. The minimum absolute atomic E-state index is 0.204. The summed E-state index contributed by atoms with van der Waals surface area (Å²) in [4.78, 5) is 12.8. The molecule has 0 radical (unpaired) electrons. The molecule has 1 N–H and O–H groups in total. The summed E-state index contributed by atoms with van der Waals surface area (Å²) in [6, 6.07) is 0. The molecule has 4 heteroatoms. The lowest BCUT2D eigenvalue weighted by Gasteiger charge is -2.07. The SMILES string of the molecule is CCc1ncc2nc(C(C)C)ncc2c1O. The molecule has 0 aliphatic heterocycles. The van der Waals surface area contributed by atoms with Gasteiger partial charge in [-0.3, -0.25) is 4.98 Å². The van der Waals surface area contributed by atoms with Gasteiger partial charge in [0.05, 0.1) is 22.8 Å². The van der Waals surface area contributed by atoms with Crippen LogP contribution >= 0.6 is 0 Å². The van der Waals surface area contributed by atoms with Gasteiger partial charge < -0.3 is 5.11 Å². The predicted molar refractivity (Wildman–Crippen MR) is 62.5 cm³/mol. The first-order chi connectivity index (χ1) is 7.63. The highest BCUT2D eigenvalue weighted by Crippen LogP contribution is 2.26. The van der Waals surface area contributed by atoms with Gasteiger partial charge in [-0.1, -0.05) is 20.8 Å². The van der Waals surface area contributed by atoms with Crippen LogP contribution < -0.4 is 0 Å². The van der Waals surface area contributed by atoms with Crippen molar-refractivity contribution in [1.82, 2.24) is 15.0 Å². The van der Waals surface area contributed by atoms with E-state index in [2.05, 4.69) is 15.0 Å². The Bertz CT molecular complexity index is 523. The molecule has 2 heterocycles. The topological polar surface area (TPSA) is 58.9 Å². The Morgan fingerprint density at radius 1 is 1.25 bits per heavy atom. The number of hydrogen-bond donors (Lipinski definition) is 1. The minimum Gasteiger partial charge on any atom is -0.505 e. The molecule has 84 valence electrons. The molecular formula is C12H15N3O. The first-order valence-corrected chi connectivity index (χ1v) is 5.47. The van der Waals surface area contributed by atoms with Gasteiger partial charge in [0.1, 0.15) is 11.6 Å². The lowest BCUT2D eigenvalue weighted by molar-refractivity contribution is 0.471. The molecule has 0 bridgehead atoms. The Morgan fingerprint density at radius 3 is 2.62 bits per heavy atom. The van der Waals surface area contributed by atoms with Crippen LogP contribution in [0.1, 0.15) is 38.2 Å². The first-order valence-electron chi connectivity index (χ1n) is 5.47. The van der Waals surface area contributed by atoms with Crippen LogP contribution in [-0.4, -0.2) is 20.1 Å². The van der Waals surface area contributed by atoms with E-state index in [-0.39, 0.29) is 11.7 Å². The quantitative estimate of drug-likeness (QED) is 0.839. The van der Waals surface area contributed by atoms with Gasteiger partial charge in [-0.25, -0.2) is 9.97 Å². The van der Waals surface area contributed by atoms with Gasteiger partial charge in [-0.05, 0) is 6.42 Å². The minimum atomic E-state index is 0.204. The third kappa shape index (κ3) is 1.71. The molecule has 0 aliphatic carbocycles. The Morgan fingerprint density at radius 2 is 2.00 bits per heavy atom. The van der Waals surface area contributed by atoms with Crippen molar-refractivity contribution in [2.45, 2.75) is 33.1 Å². The fourth-order valence-electron chi connectivity index (χ4n) is 1.58. The largest absolute Gasteiger partial charge is 0.505 e. The summed E-state index contributed by atoms with van der Waals surface area (Å²) < 4.78 is 0. The number of fused-ring (bicyclic) bond motifs is 1. The van der Waals surface area contributed by atoms with Crippen LogP contribution in [0.25, 0.3) is 10.9 Å². The van der Waals surface area contributed by atoms with Crippen LogP contribution in [0.2, 0.25) is 0 Å². The van der Waals surface area contributed by atoms with Gasteiger partial charge in [0.15, 0.2) is 0 Å². The number of rotatable bonds is 2. The summed E-state index contributed by atoms with van der Waals surface area (Å²) in [5, 5.41) is 10.6. The van der Waals surface area contributed by atoms with E-state index in [1.165, 1.54) is 0 Å². The van der Waals surface area contributed by atoms with E-state index in [4.69, 9.17) is 0 Å². The summed E-state index contributed by atoms with van der Waals surface area (Å²) in [6.07, 6.45) is 4.07. The monoisotopic (exact) mass is 217 g/mol. The molecule has 0 saturated carbocycles.